The van der Waals surface area contributed by atoms with Crippen molar-refractivity contribution in [2.45, 2.75) is 0 Å². The molecule has 0 amide bonds. The number of nitrogens with one attached hydrogen (secondary N) is 2. The Hall–Kier alpha value is -1.85. The van der Waals surface area contributed by atoms with Gasteiger partial charge in [-0.05, 0) is 0 Å². The van der Waals surface area contributed by atoms with Gasteiger partial charge in [-0.3, -0.25) is 15.0 Å². The summed E-state index contributed by atoms with van der Waals surface area (Å²) in [5.74, 6) is 0.192. The maximum absolute atomic E-state index is 11.0. The molecule has 56 valence electrons. The largest absolute Gasteiger partial charge is 0.383 e. The van der Waals surface area contributed by atoms with Gasteiger partial charge in [-0.25, -0.2) is 9.97 Å². The molecule has 2 aromatic rings. The molecule has 0 aromatic carbocycles. The van der Waals surface area contributed by atoms with Gasteiger partial charge in [0.2, 0.25) is 0 Å². The van der Waals surface area contributed by atoms with Gasteiger partial charge in [-0.15, -0.1) is 0 Å². The van der Waals surface area contributed by atoms with E-state index in [9.17, 15) is 4.79 Å². The van der Waals surface area contributed by atoms with Gasteiger partial charge in [-0.1, -0.05) is 0 Å². The molecule has 0 unspecified atom stereocenters. The Morgan fingerprint density at radius 3 is 2.91 bits per heavy atom. The van der Waals surface area contributed by atoms with Crippen molar-refractivity contribution >= 4 is 16.9 Å². The van der Waals surface area contributed by atoms with E-state index in [1.165, 1.54) is 6.33 Å². The van der Waals surface area contributed by atoms with Crippen molar-refractivity contribution in [3.63, 3.8) is 0 Å². The Morgan fingerprint density at radius 2 is 2.18 bits per heavy atom. The summed E-state index contributed by atoms with van der Waals surface area (Å²) in [5, 5.41) is 5.23. The van der Waals surface area contributed by atoms with E-state index in [-0.39, 0.29) is 11.4 Å². The molecule has 0 aliphatic heterocycles. The number of aromatic amines is 2. The first-order valence-corrected chi connectivity index (χ1v) is 2.96. The van der Waals surface area contributed by atoms with E-state index in [1.54, 1.807) is 0 Å². The monoisotopic (exact) mass is 151 g/mol. The van der Waals surface area contributed by atoms with Crippen LogP contribution in [0.5, 0.6) is 0 Å². The third-order valence-electron chi connectivity index (χ3n) is 1.40. The van der Waals surface area contributed by atoms with Gasteiger partial charge in [-0.2, -0.15) is 0 Å². The number of fused-ring (bicyclic) bond motifs is 1. The van der Waals surface area contributed by atoms with Crippen LogP contribution in [0.25, 0.3) is 11.0 Å². The summed E-state index contributed by atoms with van der Waals surface area (Å²) in [6.45, 7) is 0. The number of nitrogens with two attached hydrogens (primary N) is 1. The Balaban J connectivity index is 3.08. The second-order valence-electron chi connectivity index (χ2n) is 2.06. The number of hydrogen-bond donors (Lipinski definition) is 3. The molecule has 0 aliphatic carbocycles. The van der Waals surface area contributed by atoms with Crippen molar-refractivity contribution in [2.24, 2.45) is 0 Å². The molecule has 2 heterocycles. The molecule has 4 N–H and O–H groups in total. The summed E-state index contributed by atoms with van der Waals surface area (Å²) in [5.41, 5.74) is 5.55. The highest BCUT2D eigenvalue weighted by atomic mass is 16.1. The third-order valence-corrected chi connectivity index (χ3v) is 1.40. The smallest absolute Gasteiger partial charge is 0.277 e. The molecule has 6 nitrogen and oxygen atoms in total. The molecule has 6 heteroatoms. The lowest BCUT2D eigenvalue weighted by Crippen LogP contribution is -2.02. The lowest BCUT2D eigenvalue weighted by molar-refractivity contribution is 1.06. The molecule has 0 radical (unpaired) electrons. The van der Waals surface area contributed by atoms with Crippen LogP contribution >= 0.6 is 0 Å². The number of nitrogen functional groups attached to an aromatic ring is 1. The van der Waals surface area contributed by atoms with E-state index in [0.717, 1.165) is 0 Å². The number of aromatic nitrogens is 4. The normalized spacial score (nSPS) is 10.5. The van der Waals surface area contributed by atoms with Crippen molar-refractivity contribution in [2.75, 3.05) is 5.73 Å². The summed E-state index contributed by atoms with van der Waals surface area (Å²) in [4.78, 5) is 18.4. The average molecular weight is 151 g/mol. The fourth-order valence-electron chi connectivity index (χ4n) is 0.896. The predicted octanol–water partition coefficient (Wildman–Crippen LogP) is -0.772. The molecule has 0 saturated heterocycles. The zero-order chi connectivity index (χ0) is 7.84. The van der Waals surface area contributed by atoms with Crippen LogP contribution < -0.4 is 11.3 Å². The molecule has 2 aromatic heterocycles. The molecule has 0 saturated carbocycles. The van der Waals surface area contributed by atoms with Crippen LogP contribution in [0.3, 0.4) is 0 Å². The van der Waals surface area contributed by atoms with Crippen LogP contribution in [-0.4, -0.2) is 20.2 Å². The van der Waals surface area contributed by atoms with Crippen molar-refractivity contribution in [3.05, 3.63) is 16.7 Å². The zero-order valence-corrected chi connectivity index (χ0v) is 5.46. The SMILES string of the molecule is Nc1ncnc2[nH][nH]c(=O)c12. The first-order chi connectivity index (χ1) is 5.29. The van der Waals surface area contributed by atoms with Gasteiger partial charge < -0.3 is 5.73 Å². The Bertz CT molecular complexity index is 441. The van der Waals surface area contributed by atoms with Crippen molar-refractivity contribution in [3.8, 4) is 0 Å². The topological polar surface area (TPSA) is 100 Å². The van der Waals surface area contributed by atoms with E-state index < -0.39 is 0 Å². The van der Waals surface area contributed by atoms with Crippen molar-refractivity contribution in [1.29, 1.82) is 0 Å². The predicted molar refractivity (Wildman–Crippen MR) is 38.9 cm³/mol. The molecule has 2 rings (SSSR count). The van der Waals surface area contributed by atoms with Gasteiger partial charge in [0.15, 0.2) is 5.65 Å². The van der Waals surface area contributed by atoms with Crippen LogP contribution in [-0.2, 0) is 0 Å². The summed E-state index contributed by atoms with van der Waals surface area (Å²) >= 11 is 0. The quantitative estimate of drug-likeness (QED) is 0.460. The number of rotatable bonds is 0. The standard InChI is InChI=1S/C5H5N5O/c6-3-2-4(8-1-7-3)9-10-5(2)11/h1H,(H4,6,7,8,9,10,11). The minimum atomic E-state index is -0.293. The minimum absolute atomic E-state index is 0.192. The van der Waals surface area contributed by atoms with E-state index in [0.29, 0.717) is 11.0 Å². The fraction of sp³-hybridized carbons (Fsp3) is 0. The van der Waals surface area contributed by atoms with Crippen molar-refractivity contribution < 1.29 is 0 Å². The first-order valence-electron chi connectivity index (χ1n) is 2.96. The number of H-pyrrole nitrogens is 2. The fourth-order valence-corrected chi connectivity index (χ4v) is 0.896. The van der Waals surface area contributed by atoms with Gasteiger partial charge >= 0.3 is 0 Å². The molecule has 0 fully saturated rings. The maximum Gasteiger partial charge on any atom is 0.277 e. The van der Waals surface area contributed by atoms with Crippen molar-refractivity contribution in [1.82, 2.24) is 20.2 Å². The van der Waals surface area contributed by atoms with Crippen LogP contribution in [0.2, 0.25) is 0 Å². The zero-order valence-electron chi connectivity index (χ0n) is 5.46. The third kappa shape index (κ3) is 0.689. The Labute approximate surface area is 60.5 Å². The van der Waals surface area contributed by atoms with Gasteiger partial charge in [0.1, 0.15) is 17.5 Å². The van der Waals surface area contributed by atoms with Crippen LogP contribution in [0.1, 0.15) is 0 Å². The lowest BCUT2D eigenvalue weighted by atomic mass is 10.4. The number of hydrogen-bond acceptors (Lipinski definition) is 4. The van der Waals surface area contributed by atoms with E-state index >= 15 is 0 Å². The highest BCUT2D eigenvalue weighted by Gasteiger charge is 2.04. The number of anilines is 1. The van der Waals surface area contributed by atoms with Gasteiger partial charge in [0.05, 0.1) is 0 Å². The lowest BCUT2D eigenvalue weighted by Gasteiger charge is -1.88. The second-order valence-corrected chi connectivity index (χ2v) is 2.06. The highest BCUT2D eigenvalue weighted by molar-refractivity contribution is 5.83. The first kappa shape index (κ1) is 5.90. The van der Waals surface area contributed by atoms with E-state index in [1.807, 2.05) is 0 Å². The highest BCUT2D eigenvalue weighted by Crippen LogP contribution is 2.06. The molecule has 0 spiro atoms. The van der Waals surface area contributed by atoms with Crippen LogP contribution in [0.15, 0.2) is 11.1 Å². The van der Waals surface area contributed by atoms with Crippen LogP contribution in [0.4, 0.5) is 5.82 Å². The maximum atomic E-state index is 11.0. The van der Waals surface area contributed by atoms with Gasteiger partial charge in [0.25, 0.3) is 5.56 Å². The molecular formula is C5H5N5O. The molecular weight excluding hydrogens is 146 g/mol. The second kappa shape index (κ2) is 1.82. The van der Waals surface area contributed by atoms with Gasteiger partial charge in [0, 0.05) is 0 Å². The van der Waals surface area contributed by atoms with Crippen LogP contribution in [0, 0.1) is 0 Å². The average Bonchev–Trinajstić information content (AvgIpc) is 2.34. The summed E-state index contributed by atoms with van der Waals surface area (Å²) in [6, 6.07) is 0. The summed E-state index contributed by atoms with van der Waals surface area (Å²) in [6.07, 6.45) is 1.29. The minimum Gasteiger partial charge on any atom is -0.383 e. The van der Waals surface area contributed by atoms with E-state index in [2.05, 4.69) is 20.2 Å². The number of nitrogens with zero attached hydrogens (tertiary/aromatic N) is 2. The molecule has 0 bridgehead atoms. The Kier molecular flexibility index (Phi) is 0.974. The Morgan fingerprint density at radius 1 is 1.36 bits per heavy atom. The van der Waals surface area contributed by atoms with E-state index in [4.69, 9.17) is 5.73 Å². The molecule has 11 heavy (non-hydrogen) atoms. The molecule has 0 aliphatic rings. The summed E-state index contributed by atoms with van der Waals surface area (Å²) < 4.78 is 0. The summed E-state index contributed by atoms with van der Waals surface area (Å²) in [7, 11) is 0. The molecule has 0 atom stereocenters.